The van der Waals surface area contributed by atoms with Gasteiger partial charge in [-0.05, 0) is 18.6 Å². The van der Waals surface area contributed by atoms with E-state index in [4.69, 9.17) is 5.73 Å². The van der Waals surface area contributed by atoms with Gasteiger partial charge in [-0.25, -0.2) is 0 Å². The standard InChI is InChI=1S/C14H12F3N5O2/c1-13(8-3-2-4-9(5-8)22(23)24)7-21-10(12(18)19-13)6-11(20-21)14(15,16)17/h2-6H,7H2,1H3,(H2,18,19). The van der Waals surface area contributed by atoms with E-state index in [9.17, 15) is 23.3 Å². The Morgan fingerprint density at radius 2 is 2.08 bits per heavy atom. The maximum atomic E-state index is 12.8. The van der Waals surface area contributed by atoms with E-state index in [0.29, 0.717) is 5.56 Å². The molecule has 0 radical (unpaired) electrons. The van der Waals surface area contributed by atoms with Gasteiger partial charge < -0.3 is 5.73 Å². The number of aromatic nitrogens is 2. The van der Waals surface area contributed by atoms with Crippen molar-refractivity contribution in [1.29, 1.82) is 0 Å². The first-order valence-corrected chi connectivity index (χ1v) is 6.86. The summed E-state index contributed by atoms with van der Waals surface area (Å²) in [6.07, 6.45) is -4.59. The molecule has 126 valence electrons. The molecule has 3 rings (SSSR count). The normalized spacial score (nSPS) is 20.4. The van der Waals surface area contributed by atoms with Crippen molar-refractivity contribution in [2.45, 2.75) is 25.2 Å². The number of nitrogens with two attached hydrogens (primary N) is 1. The fourth-order valence-corrected chi connectivity index (χ4v) is 2.64. The van der Waals surface area contributed by atoms with Crippen molar-refractivity contribution in [3.05, 3.63) is 57.4 Å². The van der Waals surface area contributed by atoms with Gasteiger partial charge in [-0.1, -0.05) is 12.1 Å². The van der Waals surface area contributed by atoms with Crippen LogP contribution in [0.25, 0.3) is 0 Å². The summed E-state index contributed by atoms with van der Waals surface area (Å²) in [5.41, 5.74) is 4.09. The van der Waals surface area contributed by atoms with Crippen molar-refractivity contribution < 1.29 is 18.1 Å². The van der Waals surface area contributed by atoms with E-state index in [2.05, 4.69) is 10.1 Å². The predicted molar refractivity (Wildman–Crippen MR) is 78.4 cm³/mol. The molecule has 0 saturated heterocycles. The zero-order valence-electron chi connectivity index (χ0n) is 12.4. The first-order chi connectivity index (χ1) is 11.1. The second-order valence-electron chi connectivity index (χ2n) is 5.65. The molecule has 0 bridgehead atoms. The minimum absolute atomic E-state index is 0.0136. The third-order valence-corrected chi connectivity index (χ3v) is 3.84. The molecule has 1 aromatic carbocycles. The van der Waals surface area contributed by atoms with Gasteiger partial charge in [0.15, 0.2) is 5.69 Å². The van der Waals surface area contributed by atoms with Crippen LogP contribution in [0.2, 0.25) is 0 Å². The molecule has 10 heteroatoms. The highest BCUT2D eigenvalue weighted by Gasteiger charge is 2.39. The highest BCUT2D eigenvalue weighted by Crippen LogP contribution is 2.35. The topological polar surface area (TPSA) is 99.3 Å². The summed E-state index contributed by atoms with van der Waals surface area (Å²) < 4.78 is 39.6. The molecule has 2 N–H and O–H groups in total. The molecule has 1 unspecified atom stereocenters. The molecule has 0 aliphatic carbocycles. The average molecular weight is 339 g/mol. The number of fused-ring (bicyclic) bond motifs is 1. The molecule has 1 aromatic heterocycles. The second kappa shape index (κ2) is 5.05. The van der Waals surface area contributed by atoms with Crippen molar-refractivity contribution in [1.82, 2.24) is 9.78 Å². The fraction of sp³-hybridized carbons (Fsp3) is 0.286. The predicted octanol–water partition coefficient (Wildman–Crippen LogP) is 2.44. The largest absolute Gasteiger partial charge is 0.435 e. The van der Waals surface area contributed by atoms with E-state index in [-0.39, 0.29) is 23.8 Å². The molecule has 2 aromatic rings. The SMILES string of the molecule is CC1(c2cccc([N+](=O)[O-])c2)Cn2nc(C(F)(F)F)cc2C(N)=N1. The minimum Gasteiger partial charge on any atom is -0.382 e. The number of nitro benzene ring substituents is 1. The number of nitrogens with zero attached hydrogens (tertiary/aromatic N) is 4. The number of halogens is 3. The van der Waals surface area contributed by atoms with Crippen molar-refractivity contribution in [3.63, 3.8) is 0 Å². The summed E-state index contributed by atoms with van der Waals surface area (Å²) >= 11 is 0. The van der Waals surface area contributed by atoms with Gasteiger partial charge in [0, 0.05) is 12.1 Å². The van der Waals surface area contributed by atoms with Crippen LogP contribution in [0.15, 0.2) is 35.3 Å². The highest BCUT2D eigenvalue weighted by atomic mass is 19.4. The number of aliphatic imine (C=N–C) groups is 1. The number of non-ortho nitro benzene ring substituents is 1. The number of rotatable bonds is 2. The summed E-state index contributed by atoms with van der Waals surface area (Å²) in [6, 6.07) is 6.60. The lowest BCUT2D eigenvalue weighted by Crippen LogP contribution is -2.37. The van der Waals surface area contributed by atoms with E-state index >= 15 is 0 Å². The van der Waals surface area contributed by atoms with Crippen LogP contribution in [0.3, 0.4) is 0 Å². The van der Waals surface area contributed by atoms with Crippen LogP contribution in [-0.2, 0) is 18.3 Å². The van der Waals surface area contributed by atoms with Gasteiger partial charge in [-0.2, -0.15) is 18.3 Å². The Labute approximate surface area is 133 Å². The Morgan fingerprint density at radius 3 is 2.71 bits per heavy atom. The monoisotopic (exact) mass is 339 g/mol. The van der Waals surface area contributed by atoms with Gasteiger partial charge in [-0.15, -0.1) is 0 Å². The molecule has 2 heterocycles. The average Bonchev–Trinajstić information content (AvgIpc) is 2.91. The van der Waals surface area contributed by atoms with Crippen molar-refractivity contribution >= 4 is 11.5 Å². The third kappa shape index (κ3) is 2.59. The van der Waals surface area contributed by atoms with Gasteiger partial charge in [0.1, 0.15) is 17.1 Å². The lowest BCUT2D eigenvalue weighted by molar-refractivity contribution is -0.385. The molecule has 0 spiro atoms. The number of alkyl halides is 3. The van der Waals surface area contributed by atoms with Gasteiger partial charge in [-0.3, -0.25) is 19.8 Å². The minimum atomic E-state index is -4.59. The lowest BCUT2D eigenvalue weighted by atomic mass is 9.91. The number of hydrogen-bond donors (Lipinski definition) is 1. The van der Waals surface area contributed by atoms with Crippen LogP contribution in [0.4, 0.5) is 18.9 Å². The van der Waals surface area contributed by atoms with E-state index in [1.54, 1.807) is 13.0 Å². The van der Waals surface area contributed by atoms with Crippen LogP contribution in [0, 0.1) is 10.1 Å². The number of benzene rings is 1. The number of hydrogen-bond acceptors (Lipinski definition) is 5. The van der Waals surface area contributed by atoms with Gasteiger partial charge >= 0.3 is 6.18 Å². The first-order valence-electron chi connectivity index (χ1n) is 6.86. The smallest absolute Gasteiger partial charge is 0.382 e. The van der Waals surface area contributed by atoms with Gasteiger partial charge in [0.25, 0.3) is 5.69 Å². The maximum Gasteiger partial charge on any atom is 0.435 e. The molecule has 0 fully saturated rings. The molecule has 1 aliphatic rings. The summed E-state index contributed by atoms with van der Waals surface area (Å²) in [6.45, 7) is 1.62. The quantitative estimate of drug-likeness (QED) is 0.671. The van der Waals surface area contributed by atoms with E-state index in [1.165, 1.54) is 18.2 Å². The van der Waals surface area contributed by atoms with Crippen LogP contribution in [0.1, 0.15) is 23.9 Å². The Morgan fingerprint density at radius 1 is 1.38 bits per heavy atom. The van der Waals surface area contributed by atoms with E-state index < -0.39 is 22.3 Å². The molecule has 1 atom stereocenters. The molecule has 1 aliphatic heterocycles. The molecule has 24 heavy (non-hydrogen) atoms. The second-order valence-corrected chi connectivity index (χ2v) is 5.65. The van der Waals surface area contributed by atoms with Gasteiger partial charge in [0.05, 0.1) is 11.5 Å². The third-order valence-electron chi connectivity index (χ3n) is 3.84. The molecular weight excluding hydrogens is 327 g/mol. The Bertz CT molecular complexity index is 858. The van der Waals surface area contributed by atoms with Crippen molar-refractivity contribution in [3.8, 4) is 0 Å². The fourth-order valence-electron chi connectivity index (χ4n) is 2.64. The summed E-state index contributed by atoms with van der Waals surface area (Å²) in [7, 11) is 0. The molecular formula is C14H12F3N5O2. The van der Waals surface area contributed by atoms with Crippen molar-refractivity contribution in [2.75, 3.05) is 0 Å². The number of amidine groups is 1. The lowest BCUT2D eigenvalue weighted by Gasteiger charge is -2.30. The molecule has 0 amide bonds. The van der Waals surface area contributed by atoms with E-state index in [1.807, 2.05) is 0 Å². The Kier molecular flexibility index (Phi) is 3.36. The molecule has 7 nitrogen and oxygen atoms in total. The van der Waals surface area contributed by atoms with Crippen LogP contribution in [0.5, 0.6) is 0 Å². The summed E-state index contributed by atoms with van der Waals surface area (Å²) in [4.78, 5) is 14.6. The van der Waals surface area contributed by atoms with Crippen molar-refractivity contribution in [2.24, 2.45) is 10.7 Å². The van der Waals surface area contributed by atoms with Gasteiger partial charge in [0.2, 0.25) is 0 Å². The first kappa shape index (κ1) is 16.0. The molecule has 0 saturated carbocycles. The van der Waals surface area contributed by atoms with Crippen LogP contribution < -0.4 is 5.73 Å². The summed E-state index contributed by atoms with van der Waals surface area (Å²) in [5.74, 6) is -0.0988. The summed E-state index contributed by atoms with van der Waals surface area (Å²) in [5, 5.41) is 14.5. The Balaban J connectivity index is 2.06. The Hall–Kier alpha value is -2.91. The zero-order valence-corrected chi connectivity index (χ0v) is 12.4. The van der Waals surface area contributed by atoms with E-state index in [0.717, 1.165) is 10.7 Å². The zero-order chi connectivity index (χ0) is 17.7. The highest BCUT2D eigenvalue weighted by molar-refractivity contribution is 5.97. The maximum absolute atomic E-state index is 12.8. The van der Waals surface area contributed by atoms with Crippen LogP contribution in [-0.4, -0.2) is 20.5 Å². The number of nitro groups is 1. The van der Waals surface area contributed by atoms with Crippen LogP contribution >= 0.6 is 0 Å².